The summed E-state index contributed by atoms with van der Waals surface area (Å²) < 4.78 is 36.5. The molecule has 1 unspecified atom stereocenters. The third-order valence-electron chi connectivity index (χ3n) is 1.89. The predicted molar refractivity (Wildman–Crippen MR) is 48.8 cm³/mol. The molecular weight excluding hydrogens is 207 g/mol. The molecule has 81 valence electrons. The molecule has 1 radical (unpaired) electrons. The second-order valence-corrected chi connectivity index (χ2v) is 3.12. The van der Waals surface area contributed by atoms with Crippen LogP contribution in [-0.4, -0.2) is 12.3 Å². The summed E-state index contributed by atoms with van der Waals surface area (Å²) in [6.07, 6.45) is -2.58. The first-order valence-corrected chi connectivity index (χ1v) is 4.23. The highest BCUT2D eigenvalue weighted by Crippen LogP contribution is 2.29. The molecule has 0 saturated heterocycles. The van der Waals surface area contributed by atoms with Gasteiger partial charge in [-0.2, -0.15) is 13.2 Å². The molecule has 1 aromatic carbocycles. The van der Waals surface area contributed by atoms with Crippen LogP contribution in [0.2, 0.25) is 0 Å². The van der Waals surface area contributed by atoms with E-state index >= 15 is 0 Å². The van der Waals surface area contributed by atoms with Crippen molar-refractivity contribution in [2.24, 2.45) is 5.73 Å². The van der Waals surface area contributed by atoms with Crippen molar-refractivity contribution in [2.75, 3.05) is 0 Å². The van der Waals surface area contributed by atoms with Crippen molar-refractivity contribution in [1.82, 2.24) is 0 Å². The monoisotopic (exact) mass is 216 g/mol. The van der Waals surface area contributed by atoms with Crippen LogP contribution in [0.25, 0.3) is 0 Å². The van der Waals surface area contributed by atoms with E-state index in [9.17, 15) is 18.0 Å². The number of hydrogen-bond donors (Lipinski definition) is 1. The minimum Gasteiger partial charge on any atom is -0.321 e. The zero-order valence-electron chi connectivity index (χ0n) is 7.71. The molecule has 0 aliphatic rings. The Kier molecular flexibility index (Phi) is 3.47. The van der Waals surface area contributed by atoms with Gasteiger partial charge in [-0.1, -0.05) is 12.1 Å². The summed E-state index contributed by atoms with van der Waals surface area (Å²) in [6.45, 7) is 0. The van der Waals surface area contributed by atoms with Gasteiger partial charge in [0.2, 0.25) is 6.29 Å². The van der Waals surface area contributed by atoms with Crippen molar-refractivity contribution in [3.05, 3.63) is 35.4 Å². The molecule has 0 aromatic heterocycles. The van der Waals surface area contributed by atoms with E-state index in [0.29, 0.717) is 5.56 Å². The number of alkyl halides is 3. The van der Waals surface area contributed by atoms with Crippen molar-refractivity contribution >= 4 is 6.29 Å². The lowest BCUT2D eigenvalue weighted by molar-refractivity contribution is -0.137. The normalized spacial score (nSPS) is 13.6. The van der Waals surface area contributed by atoms with Crippen molar-refractivity contribution in [3.8, 4) is 0 Å². The van der Waals surface area contributed by atoms with Gasteiger partial charge in [0.25, 0.3) is 0 Å². The summed E-state index contributed by atoms with van der Waals surface area (Å²) >= 11 is 0. The summed E-state index contributed by atoms with van der Waals surface area (Å²) in [5, 5.41) is 0. The van der Waals surface area contributed by atoms with Crippen LogP contribution >= 0.6 is 0 Å². The molecule has 0 aliphatic carbocycles. The Labute approximate surface area is 84.9 Å². The number of rotatable bonds is 3. The molecule has 0 saturated carbocycles. The molecule has 2 nitrogen and oxygen atoms in total. The molecule has 1 atom stereocenters. The Morgan fingerprint density at radius 3 is 2.20 bits per heavy atom. The highest BCUT2D eigenvalue weighted by Gasteiger charge is 2.29. The molecule has 0 heterocycles. The Bertz CT molecular complexity index is 332. The van der Waals surface area contributed by atoms with Gasteiger partial charge in [-0.25, -0.2) is 0 Å². The summed E-state index contributed by atoms with van der Waals surface area (Å²) in [4.78, 5) is 10.1. The fourth-order valence-electron chi connectivity index (χ4n) is 1.13. The Hall–Kier alpha value is -1.36. The number of halogens is 3. The van der Waals surface area contributed by atoms with E-state index < -0.39 is 17.8 Å². The Balaban J connectivity index is 2.77. The Morgan fingerprint density at radius 2 is 1.80 bits per heavy atom. The largest absolute Gasteiger partial charge is 0.416 e. The summed E-state index contributed by atoms with van der Waals surface area (Å²) in [5.41, 5.74) is 5.15. The van der Waals surface area contributed by atoms with Crippen LogP contribution in [0, 0.1) is 0 Å². The van der Waals surface area contributed by atoms with Gasteiger partial charge in [0.1, 0.15) is 0 Å². The van der Waals surface area contributed by atoms with Gasteiger partial charge in [0, 0.05) is 0 Å². The second kappa shape index (κ2) is 4.44. The second-order valence-electron chi connectivity index (χ2n) is 3.12. The van der Waals surface area contributed by atoms with E-state index in [4.69, 9.17) is 5.73 Å². The van der Waals surface area contributed by atoms with Crippen LogP contribution in [0.5, 0.6) is 0 Å². The molecule has 5 heteroatoms. The minimum absolute atomic E-state index is 0.196. The third-order valence-corrected chi connectivity index (χ3v) is 1.89. The lowest BCUT2D eigenvalue weighted by Gasteiger charge is -2.08. The molecule has 0 aliphatic heterocycles. The van der Waals surface area contributed by atoms with Gasteiger partial charge in [0.05, 0.1) is 11.6 Å². The average molecular weight is 216 g/mol. The number of carbonyl (C=O) groups excluding carboxylic acids is 1. The standard InChI is InChI=1S/C10H9F3NO/c11-10(12,13)8-3-1-7(2-4-8)5-9(14)6-15/h1-4,9H,5,14H2. The first kappa shape index (κ1) is 11.7. The smallest absolute Gasteiger partial charge is 0.321 e. The van der Waals surface area contributed by atoms with Crippen LogP contribution in [0.1, 0.15) is 11.1 Å². The maximum absolute atomic E-state index is 12.2. The van der Waals surface area contributed by atoms with Crippen LogP contribution < -0.4 is 5.73 Å². The molecule has 1 aromatic rings. The van der Waals surface area contributed by atoms with Gasteiger partial charge in [-0.15, -0.1) is 0 Å². The first-order valence-electron chi connectivity index (χ1n) is 4.23. The fraction of sp³-hybridized carbons (Fsp3) is 0.300. The predicted octanol–water partition coefficient (Wildman–Crippen LogP) is 1.68. The van der Waals surface area contributed by atoms with Gasteiger partial charge < -0.3 is 5.73 Å². The van der Waals surface area contributed by atoms with E-state index in [1.54, 1.807) is 6.29 Å². The van der Waals surface area contributed by atoms with Crippen LogP contribution in [0.4, 0.5) is 13.2 Å². The first-order chi connectivity index (χ1) is 6.93. The van der Waals surface area contributed by atoms with Gasteiger partial charge >= 0.3 is 6.18 Å². The molecule has 15 heavy (non-hydrogen) atoms. The van der Waals surface area contributed by atoms with E-state index in [0.717, 1.165) is 12.1 Å². The zero-order chi connectivity index (χ0) is 11.5. The zero-order valence-corrected chi connectivity index (χ0v) is 7.71. The maximum atomic E-state index is 12.2. The quantitative estimate of drug-likeness (QED) is 0.835. The molecule has 0 bridgehead atoms. The molecule has 0 fully saturated rings. The van der Waals surface area contributed by atoms with Crippen LogP contribution in [0.3, 0.4) is 0 Å². The molecule has 2 N–H and O–H groups in total. The number of benzene rings is 1. The lowest BCUT2D eigenvalue weighted by Crippen LogP contribution is -2.24. The van der Waals surface area contributed by atoms with Crippen molar-refractivity contribution in [3.63, 3.8) is 0 Å². The topological polar surface area (TPSA) is 43.1 Å². The fourth-order valence-corrected chi connectivity index (χ4v) is 1.13. The van der Waals surface area contributed by atoms with Gasteiger partial charge in [-0.05, 0) is 24.1 Å². The minimum atomic E-state index is -4.34. The van der Waals surface area contributed by atoms with E-state index in [-0.39, 0.29) is 6.42 Å². The molecule has 0 amide bonds. The summed E-state index contributed by atoms with van der Waals surface area (Å²) in [5.74, 6) is 0. The Morgan fingerprint density at radius 1 is 1.27 bits per heavy atom. The van der Waals surface area contributed by atoms with Crippen LogP contribution in [0.15, 0.2) is 24.3 Å². The SMILES string of the molecule is NC([C]=O)Cc1ccc(C(F)(F)F)cc1. The molecule has 0 spiro atoms. The van der Waals surface area contributed by atoms with Gasteiger partial charge in [-0.3, -0.25) is 4.79 Å². The summed E-state index contributed by atoms with van der Waals surface area (Å²) in [6, 6.07) is 3.75. The number of nitrogens with two attached hydrogens (primary N) is 1. The highest BCUT2D eigenvalue weighted by atomic mass is 19.4. The average Bonchev–Trinajstić information content (AvgIpc) is 2.17. The van der Waals surface area contributed by atoms with E-state index in [1.807, 2.05) is 0 Å². The van der Waals surface area contributed by atoms with E-state index in [2.05, 4.69) is 0 Å². The third kappa shape index (κ3) is 3.36. The van der Waals surface area contributed by atoms with Gasteiger partial charge in [0.15, 0.2) is 0 Å². The maximum Gasteiger partial charge on any atom is 0.416 e. The number of hydrogen-bond acceptors (Lipinski definition) is 2. The van der Waals surface area contributed by atoms with E-state index in [1.165, 1.54) is 12.1 Å². The highest BCUT2D eigenvalue weighted by molar-refractivity contribution is 5.58. The van der Waals surface area contributed by atoms with Crippen molar-refractivity contribution < 1.29 is 18.0 Å². The van der Waals surface area contributed by atoms with Crippen LogP contribution in [-0.2, 0) is 17.4 Å². The molecular formula is C10H9F3NO. The van der Waals surface area contributed by atoms with Crippen molar-refractivity contribution in [2.45, 2.75) is 18.6 Å². The molecule has 1 rings (SSSR count). The van der Waals surface area contributed by atoms with Crippen molar-refractivity contribution in [1.29, 1.82) is 0 Å². The lowest BCUT2D eigenvalue weighted by atomic mass is 10.1. The summed E-state index contributed by atoms with van der Waals surface area (Å²) in [7, 11) is 0.